The van der Waals surface area contributed by atoms with E-state index in [1.165, 1.54) is 12.0 Å². The molecule has 0 saturated heterocycles. The van der Waals surface area contributed by atoms with Crippen LogP contribution in [0.1, 0.15) is 44.2 Å². The second kappa shape index (κ2) is 10.4. The first-order chi connectivity index (χ1) is 9.47. The molecule has 0 radical (unpaired) electrons. The number of amides is 1. The Hall–Kier alpha value is -1.35. The van der Waals surface area contributed by atoms with Gasteiger partial charge >= 0.3 is 0 Å². The third kappa shape index (κ3) is 6.71. The number of benzene rings is 1. The van der Waals surface area contributed by atoms with Crippen LogP contribution in [0, 0.1) is 13.8 Å². The maximum Gasteiger partial charge on any atom is 0.226 e. The van der Waals surface area contributed by atoms with Gasteiger partial charge in [-0.25, -0.2) is 0 Å². The summed E-state index contributed by atoms with van der Waals surface area (Å²) in [6, 6.07) is 6.16. The zero-order valence-corrected chi connectivity index (χ0v) is 13.9. The van der Waals surface area contributed by atoms with Gasteiger partial charge in [-0.2, -0.15) is 0 Å². The van der Waals surface area contributed by atoms with Crippen molar-refractivity contribution < 1.29 is 4.79 Å². The summed E-state index contributed by atoms with van der Waals surface area (Å²) in [6.45, 7) is 9.23. The van der Waals surface area contributed by atoms with Crippen LogP contribution in [0.4, 0.5) is 5.69 Å². The van der Waals surface area contributed by atoms with Gasteiger partial charge in [-0.15, -0.1) is 0 Å². The molecule has 1 amide bonds. The van der Waals surface area contributed by atoms with E-state index in [4.69, 9.17) is 0 Å². The topological polar surface area (TPSA) is 32.3 Å². The molecule has 0 saturated carbocycles. The zero-order valence-electron chi connectivity index (χ0n) is 13.9. The summed E-state index contributed by atoms with van der Waals surface area (Å²) in [5.41, 5.74) is 3.38. The molecule has 1 aromatic rings. The highest BCUT2D eigenvalue weighted by Crippen LogP contribution is 2.20. The Balaban J connectivity index is 0.00000110. The highest BCUT2D eigenvalue weighted by Gasteiger charge is 2.12. The van der Waals surface area contributed by atoms with Gasteiger partial charge in [0.2, 0.25) is 5.91 Å². The van der Waals surface area contributed by atoms with Crippen LogP contribution in [-0.4, -0.2) is 26.5 Å². The Labute approximate surface area is 124 Å². The van der Waals surface area contributed by atoms with E-state index < -0.39 is 0 Å². The molecule has 1 aromatic carbocycles. The van der Waals surface area contributed by atoms with E-state index in [0.717, 1.165) is 24.2 Å². The molecule has 0 aromatic heterocycles. The third-order valence-corrected chi connectivity index (χ3v) is 2.91. The lowest BCUT2D eigenvalue weighted by molar-refractivity contribution is -0.118. The van der Waals surface area contributed by atoms with Gasteiger partial charge in [0, 0.05) is 19.2 Å². The number of nitrogens with one attached hydrogen (secondary N) is 1. The van der Waals surface area contributed by atoms with Crippen molar-refractivity contribution in [1.82, 2.24) is 5.32 Å². The molecule has 0 bridgehead atoms. The van der Waals surface area contributed by atoms with Gasteiger partial charge in [-0.1, -0.05) is 38.0 Å². The molecule has 114 valence electrons. The Morgan fingerprint density at radius 3 is 2.35 bits per heavy atom. The molecule has 20 heavy (non-hydrogen) atoms. The zero-order chi connectivity index (χ0) is 15.5. The van der Waals surface area contributed by atoms with E-state index in [1.54, 1.807) is 4.90 Å². The number of carbonyl (C=O) groups is 1. The molecule has 0 heterocycles. The van der Waals surface area contributed by atoms with Gasteiger partial charge in [0.1, 0.15) is 0 Å². The maximum absolute atomic E-state index is 12.0. The predicted octanol–water partition coefficient (Wildman–Crippen LogP) is 3.68. The standard InChI is InChI=1S/C14H22N2O.C3H8/c1-11-7-8-13(12(2)10-11)16(4)14(17)6-5-9-15-3;1-3-2/h7-8,10,15H,5-6,9H2,1-4H3;3H2,1-2H3. The number of hydrogen-bond acceptors (Lipinski definition) is 2. The summed E-state index contributed by atoms with van der Waals surface area (Å²) >= 11 is 0. The largest absolute Gasteiger partial charge is 0.320 e. The summed E-state index contributed by atoms with van der Waals surface area (Å²) in [7, 11) is 3.75. The monoisotopic (exact) mass is 278 g/mol. The number of carbonyl (C=O) groups excluding carboxylic acids is 1. The summed E-state index contributed by atoms with van der Waals surface area (Å²) < 4.78 is 0. The minimum atomic E-state index is 0.173. The average molecular weight is 278 g/mol. The van der Waals surface area contributed by atoms with Crippen LogP contribution in [0.2, 0.25) is 0 Å². The minimum absolute atomic E-state index is 0.173. The molecule has 1 rings (SSSR count). The van der Waals surface area contributed by atoms with E-state index in [1.807, 2.05) is 33.2 Å². The number of anilines is 1. The van der Waals surface area contributed by atoms with Gasteiger partial charge < -0.3 is 10.2 Å². The summed E-state index contributed by atoms with van der Waals surface area (Å²) in [5, 5.41) is 3.05. The summed E-state index contributed by atoms with van der Waals surface area (Å²) in [4.78, 5) is 13.7. The number of aryl methyl sites for hydroxylation is 2. The fourth-order valence-electron chi connectivity index (χ4n) is 1.90. The Morgan fingerprint density at radius 1 is 1.25 bits per heavy atom. The highest BCUT2D eigenvalue weighted by molar-refractivity contribution is 5.93. The predicted molar refractivity (Wildman–Crippen MR) is 88.5 cm³/mol. The molecule has 3 heteroatoms. The van der Waals surface area contributed by atoms with Gasteiger partial charge in [0.15, 0.2) is 0 Å². The van der Waals surface area contributed by atoms with E-state index >= 15 is 0 Å². The number of rotatable bonds is 5. The molecule has 1 N–H and O–H groups in total. The first-order valence-electron chi connectivity index (χ1n) is 7.46. The maximum atomic E-state index is 12.0. The van der Waals surface area contributed by atoms with E-state index in [2.05, 4.69) is 32.2 Å². The lowest BCUT2D eigenvalue weighted by Crippen LogP contribution is -2.27. The molecular weight excluding hydrogens is 248 g/mol. The lowest BCUT2D eigenvalue weighted by Gasteiger charge is -2.20. The average Bonchev–Trinajstić information content (AvgIpc) is 2.39. The van der Waals surface area contributed by atoms with Crippen LogP contribution in [0.25, 0.3) is 0 Å². The van der Waals surface area contributed by atoms with Crippen LogP contribution in [0.5, 0.6) is 0 Å². The van der Waals surface area contributed by atoms with E-state index in [-0.39, 0.29) is 5.91 Å². The van der Waals surface area contributed by atoms with Gasteiger partial charge in [-0.3, -0.25) is 4.79 Å². The third-order valence-electron chi connectivity index (χ3n) is 2.91. The molecule has 0 aliphatic rings. The summed E-state index contributed by atoms with van der Waals surface area (Å²) in [5.74, 6) is 0.173. The van der Waals surface area contributed by atoms with E-state index in [0.29, 0.717) is 6.42 Å². The molecule has 3 nitrogen and oxygen atoms in total. The molecular formula is C17H30N2O. The highest BCUT2D eigenvalue weighted by atomic mass is 16.2. The van der Waals surface area contributed by atoms with Crippen molar-refractivity contribution in [3.05, 3.63) is 29.3 Å². The lowest BCUT2D eigenvalue weighted by atomic mass is 10.1. The van der Waals surface area contributed by atoms with Crippen molar-refractivity contribution in [2.45, 2.75) is 47.0 Å². The number of nitrogens with zero attached hydrogens (tertiary/aromatic N) is 1. The second-order valence-corrected chi connectivity index (χ2v) is 5.16. The molecule has 0 fully saturated rings. The van der Waals surface area contributed by atoms with Crippen LogP contribution >= 0.6 is 0 Å². The summed E-state index contributed by atoms with van der Waals surface area (Å²) in [6.07, 6.45) is 2.72. The van der Waals surface area contributed by atoms with Crippen molar-refractivity contribution in [3.8, 4) is 0 Å². The van der Waals surface area contributed by atoms with Gasteiger partial charge in [0.05, 0.1) is 0 Å². The molecule has 0 atom stereocenters. The molecule has 0 aliphatic carbocycles. The second-order valence-electron chi connectivity index (χ2n) is 5.16. The minimum Gasteiger partial charge on any atom is -0.320 e. The molecule has 0 aliphatic heterocycles. The van der Waals surface area contributed by atoms with Crippen molar-refractivity contribution in [3.63, 3.8) is 0 Å². The fraction of sp³-hybridized carbons (Fsp3) is 0.588. The van der Waals surface area contributed by atoms with Crippen LogP contribution in [0.15, 0.2) is 18.2 Å². The fourth-order valence-corrected chi connectivity index (χ4v) is 1.90. The Bertz CT molecular complexity index is 402. The molecule has 0 spiro atoms. The first kappa shape index (κ1) is 18.7. The first-order valence-corrected chi connectivity index (χ1v) is 7.46. The van der Waals surface area contributed by atoms with Crippen LogP contribution in [0.3, 0.4) is 0 Å². The number of hydrogen-bond donors (Lipinski definition) is 1. The Kier molecular flexibility index (Phi) is 9.73. The normalized spacial score (nSPS) is 9.70. The van der Waals surface area contributed by atoms with Gasteiger partial charge in [0.25, 0.3) is 0 Å². The van der Waals surface area contributed by atoms with Crippen molar-refractivity contribution in [2.24, 2.45) is 0 Å². The SMILES string of the molecule is CCC.CNCCCC(=O)N(C)c1ccc(C)cc1C. The Morgan fingerprint density at radius 2 is 1.85 bits per heavy atom. The van der Waals surface area contributed by atoms with Crippen LogP contribution < -0.4 is 10.2 Å². The smallest absolute Gasteiger partial charge is 0.226 e. The van der Waals surface area contributed by atoms with Gasteiger partial charge in [-0.05, 0) is 45.5 Å². The van der Waals surface area contributed by atoms with Crippen molar-refractivity contribution >= 4 is 11.6 Å². The van der Waals surface area contributed by atoms with Crippen molar-refractivity contribution in [1.29, 1.82) is 0 Å². The quantitative estimate of drug-likeness (QED) is 0.833. The van der Waals surface area contributed by atoms with E-state index in [9.17, 15) is 4.79 Å². The van der Waals surface area contributed by atoms with Crippen LogP contribution in [-0.2, 0) is 4.79 Å². The molecule has 0 unspecified atom stereocenters. The van der Waals surface area contributed by atoms with Crippen molar-refractivity contribution in [2.75, 3.05) is 25.5 Å².